The zero-order valence-electron chi connectivity index (χ0n) is 11.9. The van der Waals surface area contributed by atoms with Crippen molar-refractivity contribution in [2.45, 2.75) is 51.0 Å². The number of Topliss-reactive ketones (excluding diaryl/α,β-unsaturated/α-hetero) is 1. The number of carbonyl (C=O) groups is 1. The van der Waals surface area contributed by atoms with Gasteiger partial charge < -0.3 is 15.8 Å². The molecule has 1 aromatic rings. The summed E-state index contributed by atoms with van der Waals surface area (Å²) in [6.07, 6.45) is 5.46. The lowest BCUT2D eigenvalue weighted by Crippen LogP contribution is -2.18. The summed E-state index contributed by atoms with van der Waals surface area (Å²) in [6, 6.07) is 0. The van der Waals surface area contributed by atoms with Gasteiger partial charge >= 0.3 is 0 Å². The van der Waals surface area contributed by atoms with E-state index in [4.69, 9.17) is 10.5 Å². The van der Waals surface area contributed by atoms with Crippen LogP contribution < -0.4 is 11.1 Å². The zero-order chi connectivity index (χ0) is 14.1. The molecule has 2 aliphatic rings. The second-order valence-electron chi connectivity index (χ2n) is 5.65. The zero-order valence-corrected chi connectivity index (χ0v) is 12.7. The predicted molar refractivity (Wildman–Crippen MR) is 82.8 cm³/mol. The maximum atomic E-state index is 12.0. The van der Waals surface area contributed by atoms with Crippen LogP contribution in [0, 0.1) is 0 Å². The molecule has 1 saturated carbocycles. The number of nitrogens with two attached hydrogens (primary N) is 1. The molecule has 0 bridgehead atoms. The lowest BCUT2D eigenvalue weighted by molar-refractivity contribution is 0.0992. The van der Waals surface area contributed by atoms with Crippen LogP contribution in [0.15, 0.2) is 0 Å². The summed E-state index contributed by atoms with van der Waals surface area (Å²) in [6.45, 7) is 3.57. The fourth-order valence-corrected chi connectivity index (χ4v) is 3.97. The van der Waals surface area contributed by atoms with Crippen molar-refractivity contribution in [2.24, 2.45) is 0 Å². The summed E-state index contributed by atoms with van der Waals surface area (Å²) >= 11 is 1.53. The molecule has 0 aromatic carbocycles. The van der Waals surface area contributed by atoms with E-state index in [0.29, 0.717) is 18.4 Å². The maximum absolute atomic E-state index is 12.0. The SMILES string of the molecule is CCC(=O)c1sc(NCC2CCCO2)c(C2CC2)c1N. The molecule has 0 amide bonds. The highest BCUT2D eigenvalue weighted by molar-refractivity contribution is 7.18. The minimum absolute atomic E-state index is 0.152. The molecule has 0 spiro atoms. The van der Waals surface area contributed by atoms with E-state index in [1.54, 1.807) is 0 Å². The van der Waals surface area contributed by atoms with E-state index in [0.717, 1.165) is 41.6 Å². The Bertz CT molecular complexity index is 502. The van der Waals surface area contributed by atoms with Crippen LogP contribution in [0.2, 0.25) is 0 Å². The lowest BCUT2D eigenvalue weighted by Gasteiger charge is -2.12. The molecule has 1 aromatic heterocycles. The molecule has 1 saturated heterocycles. The number of hydrogen-bond acceptors (Lipinski definition) is 5. The third kappa shape index (κ3) is 2.69. The second-order valence-corrected chi connectivity index (χ2v) is 6.68. The highest BCUT2D eigenvalue weighted by Gasteiger charge is 2.32. The molecule has 2 heterocycles. The van der Waals surface area contributed by atoms with Gasteiger partial charge in [-0.25, -0.2) is 0 Å². The van der Waals surface area contributed by atoms with Crippen molar-refractivity contribution in [1.82, 2.24) is 0 Å². The molecule has 4 nitrogen and oxygen atoms in total. The monoisotopic (exact) mass is 294 g/mol. The molecule has 3 rings (SSSR count). The summed E-state index contributed by atoms with van der Waals surface area (Å²) in [7, 11) is 0. The van der Waals surface area contributed by atoms with Crippen LogP contribution in [-0.2, 0) is 4.74 Å². The van der Waals surface area contributed by atoms with Crippen LogP contribution >= 0.6 is 11.3 Å². The number of carbonyl (C=O) groups excluding carboxylic acids is 1. The summed E-state index contributed by atoms with van der Waals surface area (Å²) in [5.74, 6) is 0.705. The van der Waals surface area contributed by atoms with E-state index < -0.39 is 0 Å². The fourth-order valence-electron chi connectivity index (χ4n) is 2.74. The molecule has 0 radical (unpaired) electrons. The fraction of sp³-hybridized carbons (Fsp3) is 0.667. The highest BCUT2D eigenvalue weighted by Crippen LogP contribution is 2.51. The van der Waals surface area contributed by atoms with E-state index >= 15 is 0 Å². The Morgan fingerprint density at radius 2 is 2.25 bits per heavy atom. The van der Waals surface area contributed by atoms with Crippen LogP contribution in [0.5, 0.6) is 0 Å². The van der Waals surface area contributed by atoms with Crippen LogP contribution in [-0.4, -0.2) is 25.0 Å². The molecular weight excluding hydrogens is 272 g/mol. The van der Waals surface area contributed by atoms with E-state index in [1.807, 2.05) is 6.92 Å². The van der Waals surface area contributed by atoms with Crippen LogP contribution in [0.3, 0.4) is 0 Å². The highest BCUT2D eigenvalue weighted by atomic mass is 32.1. The van der Waals surface area contributed by atoms with E-state index in [9.17, 15) is 4.79 Å². The number of nitrogens with one attached hydrogen (secondary N) is 1. The molecule has 1 aliphatic heterocycles. The first-order chi connectivity index (χ1) is 9.70. The predicted octanol–water partition coefficient (Wildman–Crippen LogP) is 3.39. The molecule has 3 N–H and O–H groups in total. The number of thiophene rings is 1. The molecule has 2 fully saturated rings. The molecule has 20 heavy (non-hydrogen) atoms. The lowest BCUT2D eigenvalue weighted by atomic mass is 10.1. The number of hydrogen-bond donors (Lipinski definition) is 2. The minimum atomic E-state index is 0.152. The third-order valence-electron chi connectivity index (χ3n) is 4.06. The quantitative estimate of drug-likeness (QED) is 0.789. The standard InChI is InChI=1S/C15H22N2O2S/c1-2-11(18)14-13(16)12(9-5-6-9)15(20-14)17-8-10-4-3-7-19-10/h9-10,17H,2-8,16H2,1H3. The number of anilines is 2. The van der Waals surface area contributed by atoms with Gasteiger partial charge in [-0.3, -0.25) is 4.79 Å². The minimum Gasteiger partial charge on any atom is -0.397 e. The molecule has 110 valence electrons. The molecule has 1 unspecified atom stereocenters. The van der Waals surface area contributed by atoms with Gasteiger partial charge in [-0.05, 0) is 31.6 Å². The average molecular weight is 294 g/mol. The summed E-state index contributed by atoms with van der Waals surface area (Å²) in [4.78, 5) is 12.7. The topological polar surface area (TPSA) is 64.3 Å². The second kappa shape index (κ2) is 5.74. The largest absolute Gasteiger partial charge is 0.397 e. The van der Waals surface area contributed by atoms with Crippen LogP contribution in [0.25, 0.3) is 0 Å². The van der Waals surface area contributed by atoms with Crippen molar-refractivity contribution in [3.05, 3.63) is 10.4 Å². The van der Waals surface area contributed by atoms with E-state index in [1.165, 1.54) is 29.7 Å². The van der Waals surface area contributed by atoms with Crippen molar-refractivity contribution in [1.29, 1.82) is 0 Å². The third-order valence-corrected chi connectivity index (χ3v) is 5.28. The van der Waals surface area contributed by atoms with Gasteiger partial charge in [0.1, 0.15) is 0 Å². The first-order valence-electron chi connectivity index (χ1n) is 7.51. The van der Waals surface area contributed by atoms with E-state index in [2.05, 4.69) is 5.32 Å². The van der Waals surface area contributed by atoms with Gasteiger partial charge in [-0.2, -0.15) is 0 Å². The van der Waals surface area contributed by atoms with Gasteiger partial charge in [0.2, 0.25) is 0 Å². The normalized spacial score (nSPS) is 22.1. The summed E-state index contributed by atoms with van der Waals surface area (Å²) in [5.41, 5.74) is 8.13. The summed E-state index contributed by atoms with van der Waals surface area (Å²) in [5, 5.41) is 4.57. The Hall–Kier alpha value is -1.07. The summed E-state index contributed by atoms with van der Waals surface area (Å²) < 4.78 is 5.64. The van der Waals surface area contributed by atoms with Crippen molar-refractivity contribution in [2.75, 3.05) is 24.2 Å². The van der Waals surface area contributed by atoms with Gasteiger partial charge in [0.05, 0.1) is 21.7 Å². The van der Waals surface area contributed by atoms with Crippen LogP contribution in [0.4, 0.5) is 10.7 Å². The van der Waals surface area contributed by atoms with Gasteiger partial charge in [0, 0.05) is 25.1 Å². The smallest absolute Gasteiger partial charge is 0.174 e. The first-order valence-corrected chi connectivity index (χ1v) is 8.33. The molecule has 1 atom stereocenters. The van der Waals surface area contributed by atoms with Crippen molar-refractivity contribution >= 4 is 27.8 Å². The van der Waals surface area contributed by atoms with Crippen molar-refractivity contribution in [3.8, 4) is 0 Å². The maximum Gasteiger partial charge on any atom is 0.174 e. The molecular formula is C15H22N2O2S. The van der Waals surface area contributed by atoms with Gasteiger partial charge in [-0.15, -0.1) is 11.3 Å². The first kappa shape index (κ1) is 13.9. The van der Waals surface area contributed by atoms with Gasteiger partial charge in [-0.1, -0.05) is 6.92 Å². The number of rotatable bonds is 6. The number of ketones is 1. The van der Waals surface area contributed by atoms with E-state index in [-0.39, 0.29) is 5.78 Å². The number of nitrogen functional groups attached to an aromatic ring is 1. The van der Waals surface area contributed by atoms with Crippen molar-refractivity contribution < 1.29 is 9.53 Å². The Balaban J connectivity index is 1.79. The van der Waals surface area contributed by atoms with Gasteiger partial charge in [0.25, 0.3) is 0 Å². The Labute approximate surface area is 123 Å². The Morgan fingerprint density at radius 3 is 2.85 bits per heavy atom. The Morgan fingerprint density at radius 1 is 1.45 bits per heavy atom. The Kier molecular flexibility index (Phi) is 3.98. The van der Waals surface area contributed by atoms with Crippen molar-refractivity contribution in [3.63, 3.8) is 0 Å². The van der Waals surface area contributed by atoms with Gasteiger partial charge in [0.15, 0.2) is 5.78 Å². The number of ether oxygens (including phenoxy) is 1. The molecule has 5 heteroatoms. The van der Waals surface area contributed by atoms with Crippen LogP contribution in [0.1, 0.15) is 60.2 Å². The molecule has 1 aliphatic carbocycles. The average Bonchev–Trinajstić information content (AvgIpc) is 3.03.